The molecule has 0 bridgehead atoms. The summed E-state index contributed by atoms with van der Waals surface area (Å²) in [7, 11) is 0. The van der Waals surface area contributed by atoms with Crippen molar-refractivity contribution in [2.75, 3.05) is 16.4 Å². The minimum atomic E-state index is -0.324. The molecule has 8 heteroatoms. The van der Waals surface area contributed by atoms with E-state index in [-0.39, 0.29) is 6.03 Å². The quantitative estimate of drug-likeness (QED) is 0.445. The van der Waals surface area contributed by atoms with Gasteiger partial charge in [0.05, 0.1) is 5.52 Å². The molecule has 0 saturated carbocycles. The maximum Gasteiger partial charge on any atom is 0.323 e. The maximum absolute atomic E-state index is 12.3. The summed E-state index contributed by atoms with van der Waals surface area (Å²) in [6, 6.07) is 14.3. The van der Waals surface area contributed by atoms with Crippen molar-refractivity contribution in [2.45, 2.75) is 19.3 Å². The van der Waals surface area contributed by atoms with Crippen LogP contribution in [-0.2, 0) is 12.8 Å². The second-order valence-electron chi connectivity index (χ2n) is 7.20. The SMILES string of the molecule is Nc1ncnc2c3c(n(-c4ccc(NC(=O)Nc5ccc(Cl)cc5)cc4)c12)CCC3. The molecule has 30 heavy (non-hydrogen) atoms. The highest BCUT2D eigenvalue weighted by atomic mass is 35.5. The summed E-state index contributed by atoms with van der Waals surface area (Å²) in [5.41, 5.74) is 12.8. The lowest BCUT2D eigenvalue weighted by molar-refractivity contribution is 0.262. The topological polar surface area (TPSA) is 97.9 Å². The Labute approximate surface area is 177 Å². The summed E-state index contributed by atoms with van der Waals surface area (Å²) >= 11 is 5.87. The predicted molar refractivity (Wildman–Crippen MR) is 119 cm³/mol. The third-order valence-corrected chi connectivity index (χ3v) is 5.56. The van der Waals surface area contributed by atoms with Gasteiger partial charge in [0.1, 0.15) is 11.8 Å². The van der Waals surface area contributed by atoms with Crippen LogP contribution < -0.4 is 16.4 Å². The smallest absolute Gasteiger partial charge is 0.323 e. The summed E-state index contributed by atoms with van der Waals surface area (Å²) in [6.45, 7) is 0. The van der Waals surface area contributed by atoms with Crippen LogP contribution in [0.1, 0.15) is 17.7 Å². The highest BCUT2D eigenvalue weighted by Gasteiger charge is 2.25. The number of nitrogens with zero attached hydrogens (tertiary/aromatic N) is 3. The van der Waals surface area contributed by atoms with E-state index in [2.05, 4.69) is 25.2 Å². The van der Waals surface area contributed by atoms with Gasteiger partial charge < -0.3 is 20.9 Å². The fraction of sp³-hybridized carbons (Fsp3) is 0.136. The third-order valence-electron chi connectivity index (χ3n) is 5.30. The Kier molecular flexibility index (Phi) is 4.52. The van der Waals surface area contributed by atoms with Crippen molar-refractivity contribution in [3.8, 4) is 5.69 Å². The third kappa shape index (κ3) is 3.23. The Morgan fingerprint density at radius 3 is 2.33 bits per heavy atom. The molecule has 0 radical (unpaired) electrons. The van der Waals surface area contributed by atoms with E-state index in [0.717, 1.165) is 36.0 Å². The number of halogens is 1. The van der Waals surface area contributed by atoms with Crippen LogP contribution in [0, 0.1) is 0 Å². The Morgan fingerprint density at radius 2 is 1.63 bits per heavy atom. The van der Waals surface area contributed by atoms with Crippen LogP contribution in [-0.4, -0.2) is 20.6 Å². The number of amides is 2. The molecule has 4 N–H and O–H groups in total. The molecule has 2 aromatic carbocycles. The number of carbonyl (C=O) groups is 1. The Balaban J connectivity index is 1.41. The number of nitrogens with two attached hydrogens (primary N) is 1. The van der Waals surface area contributed by atoms with Crippen molar-refractivity contribution < 1.29 is 4.79 Å². The number of carbonyl (C=O) groups excluding carboxylic acids is 1. The van der Waals surface area contributed by atoms with Gasteiger partial charge in [-0.2, -0.15) is 0 Å². The number of rotatable bonds is 3. The molecule has 1 aliphatic carbocycles. The highest BCUT2D eigenvalue weighted by Crippen LogP contribution is 2.36. The van der Waals surface area contributed by atoms with Crippen LogP contribution in [0.3, 0.4) is 0 Å². The molecular weight excluding hydrogens is 400 g/mol. The molecular formula is C22H19ClN6O. The number of hydrogen-bond donors (Lipinski definition) is 3. The fourth-order valence-electron chi connectivity index (χ4n) is 4.00. The number of hydrogen-bond acceptors (Lipinski definition) is 4. The second-order valence-corrected chi connectivity index (χ2v) is 7.64. The Hall–Kier alpha value is -3.58. The molecule has 150 valence electrons. The average Bonchev–Trinajstić information content (AvgIpc) is 3.32. The predicted octanol–water partition coefficient (Wildman–Crippen LogP) is 4.79. The van der Waals surface area contributed by atoms with Crippen LogP contribution in [0.25, 0.3) is 16.7 Å². The van der Waals surface area contributed by atoms with Crippen LogP contribution in [0.4, 0.5) is 22.0 Å². The largest absolute Gasteiger partial charge is 0.382 e. The normalized spacial score (nSPS) is 12.7. The molecule has 0 unspecified atom stereocenters. The van der Waals surface area contributed by atoms with Gasteiger partial charge in [-0.15, -0.1) is 0 Å². The highest BCUT2D eigenvalue weighted by molar-refractivity contribution is 6.30. The number of fused-ring (bicyclic) bond motifs is 3. The summed E-state index contributed by atoms with van der Waals surface area (Å²) < 4.78 is 2.14. The standard InChI is InChI=1S/C22H19ClN6O/c23-13-4-6-14(7-5-13)27-22(30)28-15-8-10-16(11-9-15)29-18-3-1-2-17(18)19-20(29)21(24)26-12-25-19/h4-12H,1-3H2,(H2,24,25,26)(H2,27,28,30). The summed E-state index contributed by atoms with van der Waals surface area (Å²) in [6.07, 6.45) is 4.61. The van der Waals surface area contributed by atoms with E-state index in [4.69, 9.17) is 17.3 Å². The zero-order valence-electron chi connectivity index (χ0n) is 16.0. The lowest BCUT2D eigenvalue weighted by Gasteiger charge is -2.12. The lowest BCUT2D eigenvalue weighted by Crippen LogP contribution is -2.19. The van der Waals surface area contributed by atoms with E-state index >= 15 is 0 Å². The number of nitrogens with one attached hydrogen (secondary N) is 2. The first-order valence-electron chi connectivity index (χ1n) is 9.67. The monoisotopic (exact) mass is 418 g/mol. The van der Waals surface area contributed by atoms with Crippen molar-refractivity contribution in [1.29, 1.82) is 0 Å². The van der Waals surface area contributed by atoms with Crippen LogP contribution in [0.5, 0.6) is 0 Å². The number of anilines is 3. The van der Waals surface area contributed by atoms with Gasteiger partial charge in [0, 0.05) is 27.8 Å². The number of aryl methyl sites for hydroxylation is 1. The molecule has 0 atom stereocenters. The van der Waals surface area contributed by atoms with Crippen molar-refractivity contribution in [2.24, 2.45) is 0 Å². The van der Waals surface area contributed by atoms with Gasteiger partial charge >= 0.3 is 6.03 Å². The number of aromatic nitrogens is 3. The second kappa shape index (κ2) is 7.35. The van der Waals surface area contributed by atoms with Crippen LogP contribution in [0.15, 0.2) is 54.9 Å². The van der Waals surface area contributed by atoms with E-state index < -0.39 is 0 Å². The first kappa shape index (κ1) is 18.4. The van der Waals surface area contributed by atoms with Crippen molar-refractivity contribution in [3.63, 3.8) is 0 Å². The number of urea groups is 1. The van der Waals surface area contributed by atoms with Crippen LogP contribution in [0.2, 0.25) is 5.02 Å². The summed E-state index contributed by atoms with van der Waals surface area (Å²) in [4.78, 5) is 20.9. The lowest BCUT2D eigenvalue weighted by atomic mass is 10.2. The van der Waals surface area contributed by atoms with Crippen molar-refractivity contribution in [3.05, 3.63) is 71.1 Å². The molecule has 0 spiro atoms. The Bertz CT molecular complexity index is 1250. The van der Waals surface area contributed by atoms with Gasteiger partial charge in [-0.3, -0.25) is 0 Å². The van der Waals surface area contributed by atoms with Crippen molar-refractivity contribution >= 4 is 45.9 Å². The van der Waals surface area contributed by atoms with E-state index in [1.807, 2.05) is 24.3 Å². The molecule has 7 nitrogen and oxygen atoms in total. The van der Waals surface area contributed by atoms with Gasteiger partial charge in [-0.1, -0.05) is 11.6 Å². The number of nitrogen functional groups attached to an aromatic ring is 1. The van der Waals surface area contributed by atoms with Gasteiger partial charge in [-0.25, -0.2) is 14.8 Å². The molecule has 0 aliphatic heterocycles. The molecule has 2 amide bonds. The van der Waals surface area contributed by atoms with E-state index in [1.54, 1.807) is 24.3 Å². The molecule has 5 rings (SSSR count). The first-order chi connectivity index (χ1) is 14.6. The zero-order chi connectivity index (χ0) is 20.7. The first-order valence-corrected chi connectivity index (χ1v) is 10.0. The minimum absolute atomic E-state index is 0.324. The molecule has 4 aromatic rings. The molecule has 0 saturated heterocycles. The summed E-state index contributed by atoms with van der Waals surface area (Å²) in [5, 5.41) is 6.23. The minimum Gasteiger partial charge on any atom is -0.382 e. The van der Waals surface area contributed by atoms with E-state index in [1.165, 1.54) is 17.6 Å². The van der Waals surface area contributed by atoms with Gasteiger partial charge in [0.15, 0.2) is 5.82 Å². The van der Waals surface area contributed by atoms with Crippen LogP contribution >= 0.6 is 11.6 Å². The molecule has 2 aromatic heterocycles. The fourth-order valence-corrected chi connectivity index (χ4v) is 4.13. The molecule has 1 aliphatic rings. The zero-order valence-corrected chi connectivity index (χ0v) is 16.8. The summed E-state index contributed by atoms with van der Waals surface area (Å²) in [5.74, 6) is 0.471. The molecule has 0 fully saturated rings. The number of benzene rings is 2. The van der Waals surface area contributed by atoms with Gasteiger partial charge in [0.2, 0.25) is 0 Å². The van der Waals surface area contributed by atoms with E-state index in [9.17, 15) is 4.79 Å². The van der Waals surface area contributed by atoms with Gasteiger partial charge in [-0.05, 0) is 73.4 Å². The van der Waals surface area contributed by atoms with Gasteiger partial charge in [0.25, 0.3) is 0 Å². The maximum atomic E-state index is 12.3. The van der Waals surface area contributed by atoms with Crippen molar-refractivity contribution in [1.82, 2.24) is 14.5 Å². The van der Waals surface area contributed by atoms with E-state index in [0.29, 0.717) is 22.2 Å². The average molecular weight is 419 g/mol. The Morgan fingerprint density at radius 1 is 0.967 bits per heavy atom. The molecule has 2 heterocycles.